The van der Waals surface area contributed by atoms with Gasteiger partial charge in [0, 0.05) is 24.8 Å². The van der Waals surface area contributed by atoms with Gasteiger partial charge in [-0.05, 0) is 42.8 Å². The predicted molar refractivity (Wildman–Crippen MR) is 112 cm³/mol. The molecule has 0 bridgehead atoms. The van der Waals surface area contributed by atoms with Gasteiger partial charge in [0.05, 0.1) is 16.8 Å². The zero-order valence-electron chi connectivity index (χ0n) is 17.1. The highest BCUT2D eigenvalue weighted by molar-refractivity contribution is 7.89. The maximum absolute atomic E-state index is 13.1. The summed E-state index contributed by atoms with van der Waals surface area (Å²) in [7, 11) is -3.97. The van der Waals surface area contributed by atoms with Crippen LogP contribution in [0.4, 0.5) is 17.6 Å². The first kappa shape index (κ1) is 24.1. The SMILES string of the molecule is O=C(NCc1cn(-c2ccc(C(F)(F)F)nc2)nc1Cl)[C@@H]1CCN1S(=O)(=O)c1ccc(F)cc1. The fourth-order valence-corrected chi connectivity index (χ4v) is 5.11. The van der Waals surface area contributed by atoms with E-state index in [-0.39, 0.29) is 28.8 Å². The topological polar surface area (TPSA) is 97.2 Å². The summed E-state index contributed by atoms with van der Waals surface area (Å²) in [5, 5.41) is 6.60. The number of benzene rings is 1. The van der Waals surface area contributed by atoms with E-state index < -0.39 is 39.7 Å². The van der Waals surface area contributed by atoms with Gasteiger partial charge in [0.15, 0.2) is 5.15 Å². The van der Waals surface area contributed by atoms with E-state index in [0.29, 0.717) is 12.0 Å². The second kappa shape index (κ2) is 8.96. The van der Waals surface area contributed by atoms with Crippen molar-refractivity contribution in [2.45, 2.75) is 30.1 Å². The highest BCUT2D eigenvalue weighted by atomic mass is 35.5. The van der Waals surface area contributed by atoms with Crippen LogP contribution in [-0.4, -0.2) is 46.0 Å². The predicted octanol–water partition coefficient (Wildman–Crippen LogP) is 3.16. The maximum atomic E-state index is 13.1. The van der Waals surface area contributed by atoms with Crippen molar-refractivity contribution in [3.63, 3.8) is 0 Å². The summed E-state index contributed by atoms with van der Waals surface area (Å²) in [4.78, 5) is 15.8. The normalized spacial score (nSPS) is 16.8. The van der Waals surface area contributed by atoms with Crippen LogP contribution in [0, 0.1) is 5.82 Å². The second-order valence-corrected chi connectivity index (χ2v) is 9.63. The van der Waals surface area contributed by atoms with Gasteiger partial charge in [-0.25, -0.2) is 22.5 Å². The maximum Gasteiger partial charge on any atom is 0.433 e. The Hall–Kier alpha value is -3.03. The first-order valence-electron chi connectivity index (χ1n) is 9.79. The van der Waals surface area contributed by atoms with Crippen molar-refractivity contribution in [3.05, 3.63) is 71.0 Å². The molecule has 0 spiro atoms. The lowest BCUT2D eigenvalue weighted by atomic mass is 10.1. The number of nitrogens with zero attached hydrogens (tertiary/aromatic N) is 4. The fraction of sp³-hybridized carbons (Fsp3) is 0.250. The van der Waals surface area contributed by atoms with E-state index in [1.54, 1.807) is 0 Å². The van der Waals surface area contributed by atoms with Crippen LogP contribution < -0.4 is 5.32 Å². The van der Waals surface area contributed by atoms with Crippen LogP contribution in [0.25, 0.3) is 5.69 Å². The summed E-state index contributed by atoms with van der Waals surface area (Å²) in [6, 6.07) is 5.33. The Morgan fingerprint density at radius 1 is 1.18 bits per heavy atom. The molecule has 1 amide bonds. The molecule has 4 rings (SSSR count). The molecular formula is C20H16ClF4N5O3S. The van der Waals surface area contributed by atoms with E-state index >= 15 is 0 Å². The summed E-state index contributed by atoms with van der Waals surface area (Å²) in [5.74, 6) is -1.14. The molecular weight excluding hydrogens is 502 g/mol. The number of amides is 1. The number of nitrogens with one attached hydrogen (secondary N) is 1. The standard InChI is InChI=1S/C20H16ClF4N5O3S/c21-18-12(11-29(28-18)14-3-6-17(26-10-14)20(23,24)25)9-27-19(31)16-7-8-30(16)34(32,33)15-4-1-13(22)2-5-15/h1-6,10-11,16H,7-9H2,(H,27,31)/t16-/m0/s1. The molecule has 34 heavy (non-hydrogen) atoms. The average Bonchev–Trinajstić information content (AvgIpc) is 3.11. The van der Waals surface area contributed by atoms with Crippen molar-refractivity contribution >= 4 is 27.5 Å². The Morgan fingerprint density at radius 2 is 1.88 bits per heavy atom. The Labute approximate surface area is 196 Å². The molecule has 3 aromatic rings. The lowest BCUT2D eigenvalue weighted by Crippen LogP contribution is -2.57. The third-order valence-corrected chi connectivity index (χ3v) is 7.43. The van der Waals surface area contributed by atoms with Gasteiger partial charge in [-0.15, -0.1) is 0 Å². The summed E-state index contributed by atoms with van der Waals surface area (Å²) < 4.78 is 78.8. The zero-order chi connectivity index (χ0) is 24.7. The van der Waals surface area contributed by atoms with E-state index in [1.165, 1.54) is 16.9 Å². The highest BCUT2D eigenvalue weighted by Crippen LogP contribution is 2.29. The number of alkyl halides is 3. The van der Waals surface area contributed by atoms with Crippen LogP contribution in [-0.2, 0) is 27.5 Å². The minimum Gasteiger partial charge on any atom is -0.350 e. The van der Waals surface area contributed by atoms with E-state index in [4.69, 9.17) is 11.6 Å². The van der Waals surface area contributed by atoms with Gasteiger partial charge in [0.2, 0.25) is 15.9 Å². The van der Waals surface area contributed by atoms with Crippen molar-refractivity contribution in [1.29, 1.82) is 0 Å². The summed E-state index contributed by atoms with van der Waals surface area (Å²) >= 11 is 6.08. The Balaban J connectivity index is 1.41. The molecule has 14 heteroatoms. The largest absolute Gasteiger partial charge is 0.433 e. The number of carbonyl (C=O) groups excluding carboxylic acids is 1. The van der Waals surface area contributed by atoms with Crippen LogP contribution in [0.5, 0.6) is 0 Å². The van der Waals surface area contributed by atoms with Crippen LogP contribution in [0.15, 0.2) is 53.7 Å². The smallest absolute Gasteiger partial charge is 0.350 e. The van der Waals surface area contributed by atoms with Crippen molar-refractivity contribution in [3.8, 4) is 5.69 Å². The van der Waals surface area contributed by atoms with Crippen molar-refractivity contribution in [1.82, 2.24) is 24.4 Å². The molecule has 1 atom stereocenters. The number of halogens is 5. The number of rotatable bonds is 6. The average molecular weight is 518 g/mol. The highest BCUT2D eigenvalue weighted by Gasteiger charge is 2.42. The molecule has 1 fully saturated rings. The van der Waals surface area contributed by atoms with Gasteiger partial charge in [0.25, 0.3) is 0 Å². The number of pyridine rings is 1. The van der Waals surface area contributed by atoms with Crippen LogP contribution >= 0.6 is 11.6 Å². The molecule has 0 radical (unpaired) electrons. The minimum atomic E-state index is -4.57. The third-order valence-electron chi connectivity index (χ3n) is 5.19. The Morgan fingerprint density at radius 3 is 2.44 bits per heavy atom. The van der Waals surface area contributed by atoms with Gasteiger partial charge < -0.3 is 5.32 Å². The van der Waals surface area contributed by atoms with E-state index in [0.717, 1.165) is 40.8 Å². The summed E-state index contributed by atoms with van der Waals surface area (Å²) in [6.45, 7) is 0.0457. The first-order chi connectivity index (χ1) is 16.0. The van der Waals surface area contributed by atoms with E-state index in [2.05, 4.69) is 15.4 Å². The number of aromatic nitrogens is 3. The molecule has 2 aromatic heterocycles. The molecule has 0 aliphatic carbocycles. The molecule has 8 nitrogen and oxygen atoms in total. The van der Waals surface area contributed by atoms with Gasteiger partial charge in [-0.1, -0.05) is 11.6 Å². The molecule has 1 aliphatic heterocycles. The number of hydrogen-bond acceptors (Lipinski definition) is 5. The van der Waals surface area contributed by atoms with Crippen molar-refractivity contribution in [2.24, 2.45) is 0 Å². The van der Waals surface area contributed by atoms with Gasteiger partial charge in [-0.2, -0.15) is 22.6 Å². The number of sulfonamides is 1. The monoisotopic (exact) mass is 517 g/mol. The molecule has 1 saturated heterocycles. The molecule has 1 N–H and O–H groups in total. The second-order valence-electron chi connectivity index (χ2n) is 7.38. The van der Waals surface area contributed by atoms with Crippen LogP contribution in [0.2, 0.25) is 5.15 Å². The van der Waals surface area contributed by atoms with Crippen molar-refractivity contribution < 1.29 is 30.8 Å². The van der Waals surface area contributed by atoms with Crippen LogP contribution in [0.1, 0.15) is 17.7 Å². The van der Waals surface area contributed by atoms with Crippen molar-refractivity contribution in [2.75, 3.05) is 6.54 Å². The minimum absolute atomic E-state index is 0.00426. The van der Waals surface area contributed by atoms with Crippen LogP contribution in [0.3, 0.4) is 0 Å². The van der Waals surface area contributed by atoms with E-state index in [9.17, 15) is 30.8 Å². The molecule has 3 heterocycles. The number of hydrogen-bond donors (Lipinski definition) is 1. The number of carbonyl (C=O) groups is 1. The van der Waals surface area contributed by atoms with Gasteiger partial charge in [0.1, 0.15) is 17.6 Å². The van der Waals surface area contributed by atoms with Gasteiger partial charge in [-0.3, -0.25) is 4.79 Å². The lowest BCUT2D eigenvalue weighted by molar-refractivity contribution is -0.141. The third kappa shape index (κ3) is 4.76. The molecule has 1 aliphatic rings. The molecule has 180 valence electrons. The molecule has 1 aromatic carbocycles. The Kier molecular flexibility index (Phi) is 6.36. The van der Waals surface area contributed by atoms with Gasteiger partial charge >= 0.3 is 6.18 Å². The molecule has 0 saturated carbocycles. The summed E-state index contributed by atoms with van der Waals surface area (Å²) in [5.41, 5.74) is -0.465. The molecule has 0 unspecified atom stereocenters. The Bertz CT molecular complexity index is 1310. The summed E-state index contributed by atoms with van der Waals surface area (Å²) in [6.07, 6.45) is -1.87. The lowest BCUT2D eigenvalue weighted by Gasteiger charge is -2.38. The zero-order valence-corrected chi connectivity index (χ0v) is 18.7. The quantitative estimate of drug-likeness (QED) is 0.507. The fourth-order valence-electron chi connectivity index (χ4n) is 3.28. The van der Waals surface area contributed by atoms with E-state index in [1.807, 2.05) is 0 Å². The first-order valence-corrected chi connectivity index (χ1v) is 11.6.